The number of thiol groups is 1. The molecule has 0 saturated heterocycles. The van der Waals surface area contributed by atoms with Gasteiger partial charge in [-0.05, 0) is 122 Å². The van der Waals surface area contributed by atoms with Crippen LogP contribution in [0.3, 0.4) is 0 Å². The molecule has 0 aromatic heterocycles. The third-order valence-corrected chi connectivity index (χ3v) is 15.6. The Morgan fingerprint density at radius 3 is 2.18 bits per heavy atom. The molecule has 5 fully saturated rings. The summed E-state index contributed by atoms with van der Waals surface area (Å²) in [5, 5.41) is 0.241. The van der Waals surface area contributed by atoms with Crippen molar-refractivity contribution in [3.8, 4) is 0 Å². The van der Waals surface area contributed by atoms with E-state index in [1.807, 2.05) is 0 Å². The van der Waals surface area contributed by atoms with Gasteiger partial charge in [0.15, 0.2) is 0 Å². The molecule has 0 spiro atoms. The van der Waals surface area contributed by atoms with Gasteiger partial charge in [-0.2, -0.15) is 12.6 Å². The Balaban J connectivity index is 0.00000210. The summed E-state index contributed by atoms with van der Waals surface area (Å²) in [4.78, 5) is 12.9. The van der Waals surface area contributed by atoms with Crippen molar-refractivity contribution in [3.63, 3.8) is 0 Å². The molecule has 0 N–H and O–H groups in total. The Labute approximate surface area is 284 Å². The second-order valence-electron chi connectivity index (χ2n) is 16.3. The number of esters is 1. The molecule has 0 aromatic carbocycles. The molecule has 212 valence electrons. The van der Waals surface area contributed by atoms with Gasteiger partial charge in [-0.3, -0.25) is 0 Å². The van der Waals surface area contributed by atoms with Crippen LogP contribution in [-0.2, 0) is 9.53 Å². The minimum Gasteiger partial charge on any atom is -1.00 e. The Bertz CT molecular complexity index is 969. The van der Waals surface area contributed by atoms with Gasteiger partial charge in [0.2, 0.25) is 0 Å². The quantitative estimate of drug-likeness (QED) is 0.184. The summed E-state index contributed by atoms with van der Waals surface area (Å²) in [5.74, 6) is 4.20. The molecule has 5 aliphatic rings. The molecular formula is C34H57KO2S. The Hall–Kier alpha value is 1.20. The summed E-state index contributed by atoms with van der Waals surface area (Å²) in [6.07, 6.45) is 11.5. The van der Waals surface area contributed by atoms with Gasteiger partial charge < -0.3 is 6.16 Å². The molecule has 0 radical (unpaired) electrons. The number of carbonyl (C=O) groups is 1. The Morgan fingerprint density at radius 2 is 1.55 bits per heavy atom. The molecule has 0 heterocycles. The van der Waals surface area contributed by atoms with Crippen LogP contribution in [0.1, 0.15) is 122 Å². The third kappa shape index (κ3) is 4.32. The van der Waals surface area contributed by atoms with Gasteiger partial charge in [0.05, 0.1) is 0 Å². The third-order valence-electron chi connectivity index (χ3n) is 14.7. The second kappa shape index (κ2) is 10.4. The van der Waals surface area contributed by atoms with Crippen molar-refractivity contribution in [1.82, 2.24) is 0 Å². The first-order chi connectivity index (χ1) is 17.0. The minimum atomic E-state index is -0.212. The van der Waals surface area contributed by atoms with E-state index in [0.717, 1.165) is 30.1 Å². The maximum Gasteiger partial charge on any atom is 1.00 e. The van der Waals surface area contributed by atoms with Crippen LogP contribution in [0.5, 0.6) is 0 Å². The maximum atomic E-state index is 12.9. The van der Waals surface area contributed by atoms with E-state index >= 15 is 0 Å². The number of rotatable bonds is 2. The molecule has 2 nitrogen and oxygen atoms in total. The Kier molecular flexibility index (Phi) is 8.81. The van der Waals surface area contributed by atoms with Crippen molar-refractivity contribution in [2.24, 2.45) is 62.6 Å². The summed E-state index contributed by atoms with van der Waals surface area (Å²) in [5.41, 5.74) is 1.76. The van der Waals surface area contributed by atoms with Crippen molar-refractivity contribution >= 4 is 18.6 Å². The zero-order valence-electron chi connectivity index (χ0n) is 27.5. The van der Waals surface area contributed by atoms with E-state index in [4.69, 9.17) is 17.4 Å². The average molecular weight is 569 g/mol. The van der Waals surface area contributed by atoms with E-state index in [2.05, 4.69) is 62.0 Å². The van der Waals surface area contributed by atoms with E-state index in [1.54, 1.807) is 6.92 Å². The molecule has 0 aromatic rings. The molecule has 0 amide bonds. The normalized spacial score (nSPS) is 53.2. The van der Waals surface area contributed by atoms with Gasteiger partial charge in [-0.15, -0.1) is 0 Å². The van der Waals surface area contributed by atoms with Crippen LogP contribution in [0.2, 0.25) is 0 Å². The van der Waals surface area contributed by atoms with Crippen molar-refractivity contribution in [2.45, 2.75) is 131 Å². The van der Waals surface area contributed by atoms with E-state index in [0.29, 0.717) is 28.2 Å². The van der Waals surface area contributed by atoms with Crippen LogP contribution in [0.15, 0.2) is 12.2 Å². The minimum absolute atomic E-state index is 0. The number of hydrogen-bond acceptors (Lipinski definition) is 3. The van der Waals surface area contributed by atoms with Gasteiger partial charge in [0, 0.05) is 16.2 Å². The first-order valence-electron chi connectivity index (χ1n) is 15.6. The maximum absolute atomic E-state index is 12.9. The molecule has 5 aliphatic carbocycles. The number of hydrogen-bond donors (Lipinski definition) is 1. The zero-order chi connectivity index (χ0) is 27.3. The van der Waals surface area contributed by atoms with Gasteiger partial charge in [0.25, 0.3) is 0 Å². The SMILES string of the molecule is C=C(C)C(=O)OC1CC(S)C(C)(C)[C@@H]2CC[C@]3(C)[C@H](CC[C@@H]4[C@@H]5[C@@H](C)[C@H](C)CC[C@]5(C)CC[C@]43C)[C@@]12C.[H-].[K+]. The molecule has 4 heteroatoms. The van der Waals surface area contributed by atoms with E-state index in [1.165, 1.54) is 51.4 Å². The molecule has 38 heavy (non-hydrogen) atoms. The van der Waals surface area contributed by atoms with Gasteiger partial charge >= 0.3 is 57.4 Å². The second-order valence-corrected chi connectivity index (χ2v) is 17.0. The molecule has 2 unspecified atom stereocenters. The van der Waals surface area contributed by atoms with Crippen molar-refractivity contribution in [2.75, 3.05) is 0 Å². The van der Waals surface area contributed by atoms with Crippen LogP contribution in [-0.4, -0.2) is 17.3 Å². The fourth-order valence-electron chi connectivity index (χ4n) is 12.0. The fourth-order valence-corrected chi connectivity index (χ4v) is 12.4. The summed E-state index contributed by atoms with van der Waals surface area (Å²) >= 11 is 5.12. The number of ether oxygens (including phenoxy) is 1. The largest absolute Gasteiger partial charge is 1.00 e. The molecule has 0 bridgehead atoms. The van der Waals surface area contributed by atoms with Gasteiger partial charge in [-0.1, -0.05) is 62.0 Å². The molecule has 0 aliphatic heterocycles. The van der Waals surface area contributed by atoms with Crippen molar-refractivity contribution in [1.29, 1.82) is 0 Å². The number of fused-ring (bicyclic) bond motifs is 7. The van der Waals surface area contributed by atoms with E-state index in [-0.39, 0.29) is 86.4 Å². The van der Waals surface area contributed by atoms with Crippen LogP contribution < -0.4 is 51.4 Å². The van der Waals surface area contributed by atoms with Gasteiger partial charge in [0.1, 0.15) is 6.10 Å². The van der Waals surface area contributed by atoms with E-state index in [9.17, 15) is 4.79 Å². The Morgan fingerprint density at radius 1 is 0.895 bits per heavy atom. The monoisotopic (exact) mass is 568 g/mol. The van der Waals surface area contributed by atoms with Crippen molar-refractivity contribution < 1.29 is 62.3 Å². The summed E-state index contributed by atoms with van der Waals surface area (Å²) in [6.45, 7) is 26.3. The molecule has 12 atom stereocenters. The van der Waals surface area contributed by atoms with E-state index < -0.39 is 0 Å². The first-order valence-corrected chi connectivity index (χ1v) is 16.1. The molecule has 5 saturated carbocycles. The van der Waals surface area contributed by atoms with Crippen LogP contribution >= 0.6 is 12.6 Å². The molecule has 5 rings (SSSR count). The smallest absolute Gasteiger partial charge is 1.00 e. The fraction of sp³-hybridized carbons (Fsp3) is 0.912. The first kappa shape index (κ1) is 32.1. The number of carbonyl (C=O) groups excluding carboxylic acids is 1. The van der Waals surface area contributed by atoms with Crippen molar-refractivity contribution in [3.05, 3.63) is 12.2 Å². The average Bonchev–Trinajstić information content (AvgIpc) is 2.81. The summed E-state index contributed by atoms with van der Waals surface area (Å²) < 4.78 is 6.40. The van der Waals surface area contributed by atoms with Crippen LogP contribution in [0, 0.1) is 62.6 Å². The molecular weight excluding hydrogens is 512 g/mol. The zero-order valence-corrected chi connectivity index (χ0v) is 30.5. The summed E-state index contributed by atoms with van der Waals surface area (Å²) in [7, 11) is 0. The van der Waals surface area contributed by atoms with Gasteiger partial charge in [-0.25, -0.2) is 4.79 Å². The predicted octanol–water partition coefficient (Wildman–Crippen LogP) is 6.26. The van der Waals surface area contributed by atoms with Crippen LogP contribution in [0.25, 0.3) is 0 Å². The summed E-state index contributed by atoms with van der Waals surface area (Å²) in [6, 6.07) is 0. The van der Waals surface area contributed by atoms with Crippen LogP contribution in [0.4, 0.5) is 0 Å². The predicted molar refractivity (Wildman–Crippen MR) is 159 cm³/mol. The standard InChI is InChI=1S/C34H56O2S.K.H/c1-20(2)29(35)36-26-19-27(37)30(5,6)24-14-16-33(9)25(34(24,26)10)12-11-23-28-22(4)21(3)13-15-31(28,7)17-18-32(23,33)8;;/h21-28,37H,1,11-19H2,2-10H3;;/q;+1;-1/t21-,22+,23-,24+,25+,26?,27?,28+,31-,32-,33-,34+;;/m1../s1. The topological polar surface area (TPSA) is 26.3 Å².